The van der Waals surface area contributed by atoms with Crippen molar-refractivity contribution in [2.45, 2.75) is 43.1 Å². The van der Waals surface area contributed by atoms with Crippen molar-refractivity contribution < 1.29 is 18.3 Å². The molecule has 0 aromatic carbocycles. The summed E-state index contributed by atoms with van der Waals surface area (Å²) >= 11 is 0. The fraction of sp³-hybridized carbons (Fsp3) is 1.00. The van der Waals surface area contributed by atoms with Crippen LogP contribution in [0.1, 0.15) is 25.7 Å². The number of hydrogen-bond donors (Lipinski definition) is 2. The van der Waals surface area contributed by atoms with Crippen molar-refractivity contribution in [1.29, 1.82) is 0 Å². The smallest absolute Gasteiger partial charge is 0.150 e. The minimum absolute atomic E-state index is 0.190. The number of aliphatic hydroxyl groups excluding tert-OH is 1. The highest BCUT2D eigenvalue weighted by atomic mass is 32.2. The SMILES string of the molecule is COCC(O)CNC1CCCC(S(C)(=O)=O)C1. The first kappa shape index (κ1) is 14.9. The van der Waals surface area contributed by atoms with Crippen molar-refractivity contribution in [3.05, 3.63) is 0 Å². The number of hydrogen-bond acceptors (Lipinski definition) is 5. The zero-order valence-electron chi connectivity index (χ0n) is 10.6. The molecule has 6 heteroatoms. The molecule has 0 aromatic rings. The Kier molecular flexibility index (Phi) is 5.85. The van der Waals surface area contributed by atoms with Crippen LogP contribution in [-0.4, -0.2) is 57.4 Å². The molecule has 0 amide bonds. The molecule has 3 atom stereocenters. The number of aliphatic hydroxyl groups is 1. The molecule has 0 spiro atoms. The summed E-state index contributed by atoms with van der Waals surface area (Å²) in [6.45, 7) is 0.754. The summed E-state index contributed by atoms with van der Waals surface area (Å²) in [6.07, 6.45) is 4.09. The third kappa shape index (κ3) is 5.33. The largest absolute Gasteiger partial charge is 0.389 e. The predicted octanol–water partition coefficient (Wildman–Crippen LogP) is -0.0609. The molecule has 0 radical (unpaired) electrons. The molecule has 5 nitrogen and oxygen atoms in total. The van der Waals surface area contributed by atoms with Crippen LogP contribution in [0.25, 0.3) is 0 Å². The highest BCUT2D eigenvalue weighted by Crippen LogP contribution is 2.23. The van der Waals surface area contributed by atoms with E-state index in [-0.39, 0.29) is 11.3 Å². The quantitative estimate of drug-likeness (QED) is 0.703. The first-order chi connectivity index (χ1) is 7.93. The van der Waals surface area contributed by atoms with E-state index in [2.05, 4.69) is 5.32 Å². The van der Waals surface area contributed by atoms with Gasteiger partial charge in [-0.05, 0) is 19.3 Å². The molecule has 1 rings (SSSR count). The molecule has 1 fully saturated rings. The highest BCUT2D eigenvalue weighted by Gasteiger charge is 2.28. The van der Waals surface area contributed by atoms with Gasteiger partial charge >= 0.3 is 0 Å². The summed E-state index contributed by atoms with van der Waals surface area (Å²) in [6, 6.07) is 0.190. The number of nitrogens with one attached hydrogen (secondary N) is 1. The van der Waals surface area contributed by atoms with E-state index in [0.29, 0.717) is 19.6 Å². The number of sulfone groups is 1. The monoisotopic (exact) mass is 265 g/mol. The van der Waals surface area contributed by atoms with E-state index in [1.165, 1.54) is 6.26 Å². The Morgan fingerprint density at radius 1 is 1.47 bits per heavy atom. The molecule has 2 N–H and O–H groups in total. The second-order valence-electron chi connectivity index (χ2n) is 4.83. The van der Waals surface area contributed by atoms with Crippen LogP contribution in [-0.2, 0) is 14.6 Å². The zero-order chi connectivity index (χ0) is 12.9. The van der Waals surface area contributed by atoms with E-state index in [0.717, 1.165) is 19.3 Å². The van der Waals surface area contributed by atoms with Crippen LogP contribution in [0.5, 0.6) is 0 Å². The van der Waals surface area contributed by atoms with E-state index in [1.54, 1.807) is 7.11 Å². The fourth-order valence-electron chi connectivity index (χ4n) is 2.27. The molecule has 17 heavy (non-hydrogen) atoms. The molecular formula is C11H23NO4S. The lowest BCUT2D eigenvalue weighted by molar-refractivity contribution is 0.0618. The van der Waals surface area contributed by atoms with Crippen molar-refractivity contribution in [3.63, 3.8) is 0 Å². The molecular weight excluding hydrogens is 242 g/mol. The summed E-state index contributed by atoms with van der Waals surface area (Å²) in [5, 5.41) is 12.5. The van der Waals surface area contributed by atoms with Crippen molar-refractivity contribution in [2.75, 3.05) is 26.5 Å². The van der Waals surface area contributed by atoms with E-state index in [1.807, 2.05) is 0 Å². The Labute approximate surface area is 103 Å². The Hall–Kier alpha value is -0.170. The lowest BCUT2D eigenvalue weighted by Crippen LogP contribution is -2.42. The van der Waals surface area contributed by atoms with Crippen molar-refractivity contribution in [2.24, 2.45) is 0 Å². The molecule has 0 aliphatic heterocycles. The molecule has 0 saturated heterocycles. The van der Waals surface area contributed by atoms with Gasteiger partial charge in [-0.2, -0.15) is 0 Å². The molecule has 0 heterocycles. The third-order valence-electron chi connectivity index (χ3n) is 3.23. The van der Waals surface area contributed by atoms with E-state index < -0.39 is 15.9 Å². The van der Waals surface area contributed by atoms with Crippen LogP contribution >= 0.6 is 0 Å². The molecule has 0 aromatic heterocycles. The molecule has 0 bridgehead atoms. The minimum atomic E-state index is -2.93. The van der Waals surface area contributed by atoms with Crippen LogP contribution in [0, 0.1) is 0 Å². The van der Waals surface area contributed by atoms with Gasteiger partial charge in [-0.15, -0.1) is 0 Å². The second kappa shape index (κ2) is 6.68. The second-order valence-corrected chi connectivity index (χ2v) is 7.16. The van der Waals surface area contributed by atoms with Gasteiger partial charge in [0, 0.05) is 26.0 Å². The van der Waals surface area contributed by atoms with Gasteiger partial charge in [0.2, 0.25) is 0 Å². The Balaban J connectivity index is 2.35. The van der Waals surface area contributed by atoms with E-state index in [9.17, 15) is 13.5 Å². The number of rotatable bonds is 6. The standard InChI is InChI=1S/C11H23NO4S/c1-16-8-10(13)7-12-9-4-3-5-11(6-9)17(2,14)15/h9-13H,3-8H2,1-2H3. The Bertz CT molecular complexity index is 317. The lowest BCUT2D eigenvalue weighted by Gasteiger charge is -2.29. The highest BCUT2D eigenvalue weighted by molar-refractivity contribution is 7.91. The van der Waals surface area contributed by atoms with Gasteiger partial charge in [-0.25, -0.2) is 8.42 Å². The molecule has 1 aliphatic carbocycles. The van der Waals surface area contributed by atoms with Crippen molar-refractivity contribution in [1.82, 2.24) is 5.32 Å². The van der Waals surface area contributed by atoms with Crippen LogP contribution in [0.15, 0.2) is 0 Å². The maximum Gasteiger partial charge on any atom is 0.150 e. The van der Waals surface area contributed by atoms with Gasteiger partial charge in [-0.1, -0.05) is 6.42 Å². The normalized spacial score (nSPS) is 27.9. The summed E-state index contributed by atoms with van der Waals surface area (Å²) in [5.41, 5.74) is 0. The first-order valence-electron chi connectivity index (χ1n) is 6.02. The molecule has 1 saturated carbocycles. The zero-order valence-corrected chi connectivity index (χ0v) is 11.4. The maximum atomic E-state index is 11.5. The molecule has 3 unspecified atom stereocenters. The van der Waals surface area contributed by atoms with Crippen LogP contribution < -0.4 is 5.32 Å². The average molecular weight is 265 g/mol. The summed E-state index contributed by atoms with van der Waals surface area (Å²) < 4.78 is 27.8. The number of methoxy groups -OCH3 is 1. The molecule has 1 aliphatic rings. The summed E-state index contributed by atoms with van der Waals surface area (Å²) in [5.74, 6) is 0. The van der Waals surface area contributed by atoms with Crippen LogP contribution in [0.3, 0.4) is 0 Å². The Morgan fingerprint density at radius 2 is 2.18 bits per heavy atom. The number of ether oxygens (including phenoxy) is 1. The maximum absolute atomic E-state index is 11.5. The van der Waals surface area contributed by atoms with Gasteiger partial charge < -0.3 is 15.2 Å². The van der Waals surface area contributed by atoms with Gasteiger partial charge in [0.15, 0.2) is 0 Å². The molecule has 102 valence electrons. The van der Waals surface area contributed by atoms with Gasteiger partial charge in [0.05, 0.1) is 18.0 Å². The summed E-state index contributed by atoms with van der Waals surface area (Å²) in [4.78, 5) is 0. The minimum Gasteiger partial charge on any atom is -0.389 e. The third-order valence-corrected chi connectivity index (χ3v) is 4.87. The first-order valence-corrected chi connectivity index (χ1v) is 7.98. The van der Waals surface area contributed by atoms with Crippen LogP contribution in [0.4, 0.5) is 0 Å². The average Bonchev–Trinajstić information content (AvgIpc) is 2.26. The summed E-state index contributed by atoms with van der Waals surface area (Å²) in [7, 11) is -1.39. The van der Waals surface area contributed by atoms with Crippen molar-refractivity contribution >= 4 is 9.84 Å². The lowest BCUT2D eigenvalue weighted by atomic mass is 9.95. The fourth-order valence-corrected chi connectivity index (χ4v) is 3.45. The van der Waals surface area contributed by atoms with Crippen LogP contribution in [0.2, 0.25) is 0 Å². The predicted molar refractivity (Wildman–Crippen MR) is 66.8 cm³/mol. The van der Waals surface area contributed by atoms with Crippen molar-refractivity contribution in [3.8, 4) is 0 Å². The van der Waals surface area contributed by atoms with E-state index in [4.69, 9.17) is 4.74 Å². The van der Waals surface area contributed by atoms with Gasteiger partial charge in [-0.3, -0.25) is 0 Å². The van der Waals surface area contributed by atoms with Gasteiger partial charge in [0.1, 0.15) is 9.84 Å². The topological polar surface area (TPSA) is 75.6 Å². The van der Waals surface area contributed by atoms with Gasteiger partial charge in [0.25, 0.3) is 0 Å². The Morgan fingerprint density at radius 3 is 2.76 bits per heavy atom. The van der Waals surface area contributed by atoms with E-state index >= 15 is 0 Å².